The van der Waals surface area contributed by atoms with Crippen LogP contribution < -0.4 is 0 Å². The number of esters is 1. The Labute approximate surface area is 105 Å². The number of ether oxygens (including phenoxy) is 1. The lowest BCUT2D eigenvalue weighted by molar-refractivity contribution is -0.138. The fourth-order valence-corrected chi connectivity index (χ4v) is 2.57. The summed E-state index contributed by atoms with van der Waals surface area (Å²) in [5.74, 6) is -0.320. The Kier molecular flexibility index (Phi) is 2.44. The zero-order chi connectivity index (χ0) is 12.7. The largest absolute Gasteiger partial charge is 0.463 e. The van der Waals surface area contributed by atoms with Gasteiger partial charge in [0, 0.05) is 17.7 Å². The number of carbonyl (C=O) groups excluding carboxylic acids is 2. The molecule has 92 valence electrons. The van der Waals surface area contributed by atoms with E-state index in [1.807, 2.05) is 18.2 Å². The average molecular weight is 243 g/mol. The lowest BCUT2D eigenvalue weighted by Gasteiger charge is -2.10. The topological polar surface area (TPSA) is 46.6 Å². The van der Waals surface area contributed by atoms with Crippen LogP contribution in [0.5, 0.6) is 0 Å². The summed E-state index contributed by atoms with van der Waals surface area (Å²) in [5.41, 5.74) is 2.89. The molecule has 0 aliphatic carbocycles. The number of nitrogens with zero attached hydrogens (tertiary/aromatic N) is 1. The van der Waals surface area contributed by atoms with Gasteiger partial charge in [-0.2, -0.15) is 0 Å². The predicted molar refractivity (Wildman–Crippen MR) is 65.6 cm³/mol. The van der Waals surface area contributed by atoms with Gasteiger partial charge in [-0.3, -0.25) is 4.79 Å². The number of benzene rings is 1. The molecule has 0 atom stereocenters. The molecule has 2 aliphatic rings. The highest BCUT2D eigenvalue weighted by Gasteiger charge is 2.39. The van der Waals surface area contributed by atoms with Gasteiger partial charge >= 0.3 is 5.97 Å². The van der Waals surface area contributed by atoms with Gasteiger partial charge in [0.05, 0.1) is 17.9 Å². The van der Waals surface area contributed by atoms with Crippen LogP contribution in [0.2, 0.25) is 0 Å². The number of carbonyl (C=O) groups is 2. The molecular formula is C14H13NO3. The first-order valence-electron chi connectivity index (χ1n) is 6.05. The van der Waals surface area contributed by atoms with E-state index in [4.69, 9.17) is 4.74 Å². The number of amides is 1. The van der Waals surface area contributed by atoms with Gasteiger partial charge in [0.1, 0.15) is 0 Å². The second-order valence-electron chi connectivity index (χ2n) is 4.30. The van der Waals surface area contributed by atoms with Crippen molar-refractivity contribution in [2.45, 2.75) is 13.3 Å². The molecule has 2 heterocycles. The molecule has 1 aromatic rings. The smallest absolute Gasteiger partial charge is 0.336 e. The van der Waals surface area contributed by atoms with Gasteiger partial charge in [0.15, 0.2) is 0 Å². The molecule has 0 unspecified atom stereocenters. The summed E-state index contributed by atoms with van der Waals surface area (Å²) in [4.78, 5) is 25.7. The van der Waals surface area contributed by atoms with E-state index in [0.717, 1.165) is 11.3 Å². The molecule has 0 radical (unpaired) electrons. The third kappa shape index (κ3) is 1.38. The molecule has 0 bridgehead atoms. The molecule has 1 aromatic carbocycles. The third-order valence-electron chi connectivity index (χ3n) is 3.32. The number of fused-ring (bicyclic) bond motifs is 3. The fraction of sp³-hybridized carbons (Fsp3) is 0.286. The maximum absolute atomic E-state index is 12.1. The van der Waals surface area contributed by atoms with Crippen molar-refractivity contribution >= 4 is 17.6 Å². The normalized spacial score (nSPS) is 16.9. The summed E-state index contributed by atoms with van der Waals surface area (Å²) in [6.45, 7) is 2.70. The molecule has 0 spiro atoms. The minimum Gasteiger partial charge on any atom is -0.463 e. The molecule has 0 saturated carbocycles. The highest BCUT2D eigenvalue weighted by Crippen LogP contribution is 2.40. The lowest BCUT2D eigenvalue weighted by Crippen LogP contribution is -2.20. The Bertz CT molecular complexity index is 574. The Hall–Kier alpha value is -2.10. The Balaban J connectivity index is 2.13. The molecule has 0 saturated heterocycles. The van der Waals surface area contributed by atoms with E-state index in [1.54, 1.807) is 17.9 Å². The highest BCUT2D eigenvalue weighted by atomic mass is 16.5. The molecule has 1 amide bonds. The first kappa shape index (κ1) is 11.0. The van der Waals surface area contributed by atoms with Crippen molar-refractivity contribution < 1.29 is 14.3 Å². The van der Waals surface area contributed by atoms with Crippen molar-refractivity contribution in [1.82, 2.24) is 4.90 Å². The van der Waals surface area contributed by atoms with Crippen LogP contribution in [0.3, 0.4) is 0 Å². The van der Waals surface area contributed by atoms with E-state index in [1.165, 1.54) is 0 Å². The highest BCUT2D eigenvalue weighted by molar-refractivity contribution is 6.14. The van der Waals surface area contributed by atoms with E-state index in [-0.39, 0.29) is 11.9 Å². The maximum Gasteiger partial charge on any atom is 0.336 e. The Morgan fingerprint density at radius 3 is 2.78 bits per heavy atom. The van der Waals surface area contributed by atoms with Gasteiger partial charge < -0.3 is 9.64 Å². The van der Waals surface area contributed by atoms with Crippen molar-refractivity contribution in [1.29, 1.82) is 0 Å². The zero-order valence-electron chi connectivity index (χ0n) is 10.1. The molecule has 0 fully saturated rings. The summed E-state index contributed by atoms with van der Waals surface area (Å²) in [6, 6.07) is 7.39. The van der Waals surface area contributed by atoms with Crippen molar-refractivity contribution in [3.63, 3.8) is 0 Å². The van der Waals surface area contributed by atoms with Crippen molar-refractivity contribution in [2.75, 3.05) is 13.2 Å². The first-order chi connectivity index (χ1) is 8.74. The van der Waals surface area contributed by atoms with Gasteiger partial charge in [0.2, 0.25) is 0 Å². The summed E-state index contributed by atoms with van der Waals surface area (Å²) in [6.07, 6.45) is 0.578. The van der Waals surface area contributed by atoms with Crippen molar-refractivity contribution in [3.05, 3.63) is 41.0 Å². The second-order valence-corrected chi connectivity index (χ2v) is 4.30. The van der Waals surface area contributed by atoms with Gasteiger partial charge in [-0.15, -0.1) is 0 Å². The summed E-state index contributed by atoms with van der Waals surface area (Å²) in [5, 5.41) is 0. The first-order valence-corrected chi connectivity index (χ1v) is 6.05. The molecule has 2 aliphatic heterocycles. The molecule has 3 rings (SSSR count). The van der Waals surface area contributed by atoms with E-state index in [9.17, 15) is 9.59 Å². The minimum absolute atomic E-state index is 0.0140. The minimum atomic E-state index is -0.306. The van der Waals surface area contributed by atoms with Crippen molar-refractivity contribution in [3.8, 4) is 0 Å². The van der Waals surface area contributed by atoms with Crippen LogP contribution in [0.1, 0.15) is 29.3 Å². The monoisotopic (exact) mass is 243 g/mol. The Morgan fingerprint density at radius 2 is 2.06 bits per heavy atom. The third-order valence-corrected chi connectivity index (χ3v) is 3.32. The molecule has 0 N–H and O–H groups in total. The van der Waals surface area contributed by atoms with Gasteiger partial charge in [-0.05, 0) is 19.4 Å². The molecule has 4 nitrogen and oxygen atoms in total. The zero-order valence-corrected chi connectivity index (χ0v) is 10.1. The quantitative estimate of drug-likeness (QED) is 0.744. The summed E-state index contributed by atoms with van der Waals surface area (Å²) >= 11 is 0. The molecule has 0 aromatic heterocycles. The van der Waals surface area contributed by atoms with Crippen LogP contribution in [0.25, 0.3) is 5.70 Å². The molecular weight excluding hydrogens is 230 g/mol. The SMILES string of the molecule is CCOC(=O)C1=C2c3ccccc3C(=O)N2CC1. The maximum atomic E-state index is 12.1. The average Bonchev–Trinajstić information content (AvgIpc) is 2.92. The second kappa shape index (κ2) is 3.98. The number of hydrogen-bond donors (Lipinski definition) is 0. The van der Waals surface area contributed by atoms with Crippen molar-refractivity contribution in [2.24, 2.45) is 0 Å². The standard InChI is InChI=1S/C14H13NO3/c1-2-18-14(17)11-7-8-15-12(11)9-5-3-4-6-10(9)13(15)16/h3-6H,2,7-8H2,1H3. The van der Waals surface area contributed by atoms with E-state index in [2.05, 4.69) is 0 Å². The van der Waals surface area contributed by atoms with Gasteiger partial charge in [0.25, 0.3) is 5.91 Å². The van der Waals surface area contributed by atoms with Gasteiger partial charge in [-0.1, -0.05) is 18.2 Å². The fourth-order valence-electron chi connectivity index (χ4n) is 2.57. The van der Waals surface area contributed by atoms with Crippen LogP contribution in [0, 0.1) is 0 Å². The van der Waals surface area contributed by atoms with E-state index in [0.29, 0.717) is 30.7 Å². The van der Waals surface area contributed by atoms with Crippen LogP contribution in [0.15, 0.2) is 29.8 Å². The van der Waals surface area contributed by atoms with Crippen LogP contribution in [-0.2, 0) is 9.53 Å². The van der Waals surface area contributed by atoms with Crippen LogP contribution in [0.4, 0.5) is 0 Å². The predicted octanol–water partition coefficient (Wildman–Crippen LogP) is 1.82. The van der Waals surface area contributed by atoms with Crippen LogP contribution >= 0.6 is 0 Å². The van der Waals surface area contributed by atoms with E-state index >= 15 is 0 Å². The molecule has 4 heteroatoms. The molecule has 18 heavy (non-hydrogen) atoms. The van der Waals surface area contributed by atoms with Crippen LogP contribution in [-0.4, -0.2) is 29.9 Å². The number of hydrogen-bond acceptors (Lipinski definition) is 3. The lowest BCUT2D eigenvalue weighted by atomic mass is 10.0. The number of rotatable bonds is 2. The summed E-state index contributed by atoms with van der Waals surface area (Å²) < 4.78 is 5.05. The summed E-state index contributed by atoms with van der Waals surface area (Å²) in [7, 11) is 0. The van der Waals surface area contributed by atoms with Gasteiger partial charge in [-0.25, -0.2) is 4.79 Å². The van der Waals surface area contributed by atoms with E-state index < -0.39 is 0 Å². The Morgan fingerprint density at radius 1 is 1.33 bits per heavy atom.